The lowest BCUT2D eigenvalue weighted by Crippen LogP contribution is -2.49. The number of rotatable bonds is 6. The summed E-state index contributed by atoms with van der Waals surface area (Å²) in [5.41, 5.74) is 0.983. The third-order valence-electron chi connectivity index (χ3n) is 5.47. The van der Waals surface area contributed by atoms with Crippen LogP contribution in [0.25, 0.3) is 0 Å². The molecule has 25 heavy (non-hydrogen) atoms. The zero-order chi connectivity index (χ0) is 17.6. The van der Waals surface area contributed by atoms with E-state index in [9.17, 15) is 9.90 Å². The number of fused-ring (bicyclic) bond motifs is 1. The number of ether oxygens (including phenoxy) is 1. The molecule has 0 aromatic heterocycles. The molecular formula is C20H30N2O3. The Labute approximate surface area is 150 Å². The van der Waals surface area contributed by atoms with E-state index in [0.29, 0.717) is 12.5 Å². The molecule has 138 valence electrons. The second-order valence-corrected chi connectivity index (χ2v) is 7.38. The molecule has 1 aliphatic carbocycles. The topological polar surface area (TPSA) is 70.6 Å². The highest BCUT2D eigenvalue weighted by molar-refractivity contribution is 5.81. The number of benzene rings is 1. The van der Waals surface area contributed by atoms with Gasteiger partial charge in [-0.05, 0) is 38.3 Å². The van der Waals surface area contributed by atoms with E-state index in [0.717, 1.165) is 24.3 Å². The molecule has 1 aliphatic heterocycles. The monoisotopic (exact) mass is 346 g/mol. The van der Waals surface area contributed by atoms with E-state index in [4.69, 9.17) is 4.74 Å². The fourth-order valence-electron chi connectivity index (χ4n) is 3.83. The van der Waals surface area contributed by atoms with Gasteiger partial charge in [0, 0.05) is 18.0 Å². The molecule has 5 heteroatoms. The summed E-state index contributed by atoms with van der Waals surface area (Å²) in [5, 5.41) is 16.7. The Morgan fingerprint density at radius 3 is 2.80 bits per heavy atom. The standard InChI is InChI=1S/C20H30N2O3/c1-14(21-13-15-7-3-2-4-8-15)19(23)20(24)22-17-11-12-25-18-10-6-5-9-16(17)18/h5-6,9-10,14-15,17,19,21,23H,2-4,7-8,11-13H2,1H3,(H,22,24)/t14-,17?,19+/m1/s1. The number of amides is 1. The molecule has 1 saturated carbocycles. The molecular weight excluding hydrogens is 316 g/mol. The SMILES string of the molecule is C[C@@H](NCC1CCCCC1)[C@H](O)C(=O)NC1CCOc2ccccc21. The third-order valence-corrected chi connectivity index (χ3v) is 5.47. The van der Waals surface area contributed by atoms with Crippen LogP contribution >= 0.6 is 0 Å². The molecule has 1 heterocycles. The van der Waals surface area contributed by atoms with Crippen LogP contribution in [0.5, 0.6) is 5.75 Å². The Balaban J connectivity index is 1.50. The lowest BCUT2D eigenvalue weighted by molar-refractivity contribution is -0.131. The van der Waals surface area contributed by atoms with Crippen LogP contribution in [-0.4, -0.2) is 36.3 Å². The summed E-state index contributed by atoms with van der Waals surface area (Å²) >= 11 is 0. The predicted molar refractivity (Wildman–Crippen MR) is 97.5 cm³/mol. The minimum absolute atomic E-state index is 0.0994. The molecule has 3 atom stereocenters. The number of nitrogens with one attached hydrogen (secondary N) is 2. The summed E-state index contributed by atoms with van der Waals surface area (Å²) < 4.78 is 5.62. The number of hydrogen-bond acceptors (Lipinski definition) is 4. The summed E-state index contributed by atoms with van der Waals surface area (Å²) in [4.78, 5) is 12.5. The summed E-state index contributed by atoms with van der Waals surface area (Å²) in [6.07, 6.45) is 6.11. The molecule has 1 aromatic carbocycles. The van der Waals surface area contributed by atoms with Gasteiger partial charge < -0.3 is 20.5 Å². The van der Waals surface area contributed by atoms with E-state index in [1.165, 1.54) is 32.1 Å². The molecule has 1 fully saturated rings. The van der Waals surface area contributed by atoms with Crippen molar-refractivity contribution in [3.05, 3.63) is 29.8 Å². The van der Waals surface area contributed by atoms with Gasteiger partial charge in [-0.1, -0.05) is 37.5 Å². The van der Waals surface area contributed by atoms with Gasteiger partial charge in [-0.25, -0.2) is 0 Å². The van der Waals surface area contributed by atoms with Gasteiger partial charge in [-0.3, -0.25) is 4.79 Å². The van der Waals surface area contributed by atoms with Crippen molar-refractivity contribution in [1.29, 1.82) is 0 Å². The van der Waals surface area contributed by atoms with Gasteiger partial charge in [-0.15, -0.1) is 0 Å². The number of carbonyl (C=O) groups excluding carboxylic acids is 1. The van der Waals surface area contributed by atoms with Crippen LogP contribution in [0, 0.1) is 5.92 Å². The van der Waals surface area contributed by atoms with E-state index < -0.39 is 6.10 Å². The number of aliphatic hydroxyl groups excluding tert-OH is 1. The van der Waals surface area contributed by atoms with Gasteiger partial charge in [0.15, 0.2) is 0 Å². The van der Waals surface area contributed by atoms with Gasteiger partial charge in [0.2, 0.25) is 0 Å². The summed E-state index contributed by atoms with van der Waals surface area (Å²) in [7, 11) is 0. The van der Waals surface area contributed by atoms with Crippen molar-refractivity contribution in [3.8, 4) is 5.75 Å². The van der Waals surface area contributed by atoms with Crippen molar-refractivity contribution >= 4 is 5.91 Å². The highest BCUT2D eigenvalue weighted by Gasteiger charge is 2.28. The summed E-state index contributed by atoms with van der Waals surface area (Å²) in [5.74, 6) is 1.18. The number of hydrogen-bond donors (Lipinski definition) is 3. The maximum Gasteiger partial charge on any atom is 0.250 e. The van der Waals surface area contributed by atoms with E-state index in [2.05, 4.69) is 10.6 Å². The quantitative estimate of drug-likeness (QED) is 0.740. The maximum atomic E-state index is 12.5. The van der Waals surface area contributed by atoms with Crippen molar-refractivity contribution < 1.29 is 14.6 Å². The fraction of sp³-hybridized carbons (Fsp3) is 0.650. The first-order chi connectivity index (χ1) is 12.1. The molecule has 5 nitrogen and oxygen atoms in total. The largest absolute Gasteiger partial charge is 0.493 e. The Bertz CT molecular complexity index is 572. The van der Waals surface area contributed by atoms with E-state index in [-0.39, 0.29) is 18.0 Å². The van der Waals surface area contributed by atoms with Crippen LogP contribution in [-0.2, 0) is 4.79 Å². The van der Waals surface area contributed by atoms with E-state index >= 15 is 0 Å². The molecule has 0 spiro atoms. The normalized spacial score (nSPS) is 23.2. The summed E-state index contributed by atoms with van der Waals surface area (Å²) in [6.45, 7) is 3.34. The van der Waals surface area contributed by atoms with Crippen molar-refractivity contribution in [2.24, 2.45) is 5.92 Å². The van der Waals surface area contributed by atoms with Gasteiger partial charge in [-0.2, -0.15) is 0 Å². The Morgan fingerprint density at radius 2 is 2.00 bits per heavy atom. The second kappa shape index (κ2) is 8.68. The Hall–Kier alpha value is -1.59. The zero-order valence-electron chi connectivity index (χ0n) is 15.0. The van der Waals surface area contributed by atoms with Crippen LogP contribution < -0.4 is 15.4 Å². The van der Waals surface area contributed by atoms with Crippen molar-refractivity contribution in [1.82, 2.24) is 10.6 Å². The van der Waals surface area contributed by atoms with Crippen LogP contribution in [0.1, 0.15) is 57.1 Å². The first-order valence-electron chi connectivity index (χ1n) is 9.58. The smallest absolute Gasteiger partial charge is 0.250 e. The van der Waals surface area contributed by atoms with Crippen LogP contribution in [0.15, 0.2) is 24.3 Å². The average Bonchev–Trinajstić information content (AvgIpc) is 2.66. The van der Waals surface area contributed by atoms with Crippen molar-refractivity contribution in [2.45, 2.75) is 63.6 Å². The van der Waals surface area contributed by atoms with Gasteiger partial charge in [0.05, 0.1) is 12.6 Å². The molecule has 0 radical (unpaired) electrons. The van der Waals surface area contributed by atoms with Crippen LogP contribution in [0.2, 0.25) is 0 Å². The van der Waals surface area contributed by atoms with E-state index in [1.54, 1.807) is 0 Å². The Morgan fingerprint density at radius 1 is 1.24 bits per heavy atom. The van der Waals surface area contributed by atoms with Gasteiger partial charge in [0.1, 0.15) is 11.9 Å². The molecule has 0 saturated heterocycles. The minimum atomic E-state index is -1.04. The number of para-hydroxylation sites is 1. The molecule has 1 amide bonds. The lowest BCUT2D eigenvalue weighted by atomic mass is 9.89. The minimum Gasteiger partial charge on any atom is -0.493 e. The van der Waals surface area contributed by atoms with Crippen LogP contribution in [0.4, 0.5) is 0 Å². The number of aliphatic hydroxyl groups is 1. The van der Waals surface area contributed by atoms with Crippen LogP contribution in [0.3, 0.4) is 0 Å². The first-order valence-corrected chi connectivity index (χ1v) is 9.58. The zero-order valence-corrected chi connectivity index (χ0v) is 15.0. The molecule has 3 rings (SSSR count). The highest BCUT2D eigenvalue weighted by Crippen LogP contribution is 2.31. The molecule has 2 aliphatic rings. The molecule has 1 unspecified atom stereocenters. The second-order valence-electron chi connectivity index (χ2n) is 7.38. The lowest BCUT2D eigenvalue weighted by Gasteiger charge is -2.29. The van der Waals surface area contributed by atoms with Gasteiger partial charge >= 0.3 is 0 Å². The van der Waals surface area contributed by atoms with Crippen molar-refractivity contribution in [2.75, 3.05) is 13.2 Å². The summed E-state index contributed by atoms with van der Waals surface area (Å²) in [6, 6.07) is 7.40. The fourth-order valence-corrected chi connectivity index (χ4v) is 3.83. The maximum absolute atomic E-state index is 12.5. The van der Waals surface area contributed by atoms with E-state index in [1.807, 2.05) is 31.2 Å². The highest BCUT2D eigenvalue weighted by atomic mass is 16.5. The molecule has 0 bridgehead atoms. The van der Waals surface area contributed by atoms with Crippen molar-refractivity contribution in [3.63, 3.8) is 0 Å². The average molecular weight is 346 g/mol. The number of carbonyl (C=O) groups is 1. The van der Waals surface area contributed by atoms with Gasteiger partial charge in [0.25, 0.3) is 5.91 Å². The predicted octanol–water partition coefficient (Wildman–Crippen LogP) is 2.55. The molecule has 1 aromatic rings. The Kier molecular flexibility index (Phi) is 6.32. The first kappa shape index (κ1) is 18.2. The third kappa shape index (κ3) is 4.73. The molecule has 3 N–H and O–H groups in total.